The molecule has 0 atom stereocenters. The summed E-state index contributed by atoms with van der Waals surface area (Å²) in [7, 11) is 0. The summed E-state index contributed by atoms with van der Waals surface area (Å²) in [5.41, 5.74) is 2.13. The van der Waals surface area contributed by atoms with Crippen molar-refractivity contribution < 1.29 is 4.79 Å². The van der Waals surface area contributed by atoms with E-state index < -0.39 is 0 Å². The number of nitrogens with zero attached hydrogens (tertiary/aromatic N) is 2. The lowest BCUT2D eigenvalue weighted by Gasteiger charge is -2.39. The molecular weight excluding hydrogens is 300 g/mol. The van der Waals surface area contributed by atoms with Gasteiger partial charge in [-0.25, -0.2) is 0 Å². The van der Waals surface area contributed by atoms with E-state index in [1.165, 1.54) is 6.42 Å². The molecule has 118 valence electrons. The van der Waals surface area contributed by atoms with Gasteiger partial charge in [-0.05, 0) is 43.4 Å². The maximum absolute atomic E-state index is 12.8. The quantitative estimate of drug-likeness (QED) is 0.847. The van der Waals surface area contributed by atoms with Gasteiger partial charge >= 0.3 is 0 Å². The first-order chi connectivity index (χ1) is 10.3. The van der Waals surface area contributed by atoms with E-state index in [-0.39, 0.29) is 18.3 Å². The Morgan fingerprint density at radius 1 is 1.23 bits per heavy atom. The summed E-state index contributed by atoms with van der Waals surface area (Å²) in [6, 6.07) is 5.77. The summed E-state index contributed by atoms with van der Waals surface area (Å²) < 4.78 is 0. The van der Waals surface area contributed by atoms with Crippen LogP contribution in [0.4, 0.5) is 0 Å². The van der Waals surface area contributed by atoms with Crippen LogP contribution in [0.15, 0.2) is 24.4 Å². The highest BCUT2D eigenvalue weighted by molar-refractivity contribution is 6.06. The molecule has 1 aromatic heterocycles. The molecule has 2 aliphatic heterocycles. The monoisotopic (exact) mass is 320 g/mol. The average Bonchev–Trinajstić information content (AvgIpc) is 3.16. The Labute approximate surface area is 135 Å². The van der Waals surface area contributed by atoms with Crippen molar-refractivity contribution in [1.29, 1.82) is 0 Å². The molecule has 0 unspecified atom stereocenters. The van der Waals surface area contributed by atoms with Crippen molar-refractivity contribution in [1.82, 2.24) is 20.4 Å². The van der Waals surface area contributed by atoms with Gasteiger partial charge in [0, 0.05) is 25.0 Å². The minimum absolute atomic E-state index is 0. The molecule has 0 aliphatic carbocycles. The van der Waals surface area contributed by atoms with Crippen LogP contribution < -0.4 is 5.32 Å². The molecule has 0 saturated carbocycles. The zero-order valence-corrected chi connectivity index (χ0v) is 13.3. The number of likely N-dealkylation sites (tertiary alicyclic amines) is 1. The zero-order chi connectivity index (χ0) is 14.3. The third kappa shape index (κ3) is 2.48. The fourth-order valence-electron chi connectivity index (χ4n) is 3.73. The molecule has 5 nitrogen and oxygen atoms in total. The first kappa shape index (κ1) is 15.3. The first-order valence-corrected chi connectivity index (χ1v) is 7.70. The number of nitrogens with one attached hydrogen (secondary N) is 2. The summed E-state index contributed by atoms with van der Waals surface area (Å²) in [4.78, 5) is 14.8. The molecular formula is C16H21ClN4O. The summed E-state index contributed by atoms with van der Waals surface area (Å²) in [6.07, 6.45) is 5.24. The Hall–Kier alpha value is -1.59. The second kappa shape index (κ2) is 5.89. The molecule has 22 heavy (non-hydrogen) atoms. The SMILES string of the molecule is Cl.O=C(c1cccc2[nH]ncc12)N1CCC2(CCNC2)CC1. The van der Waals surface area contributed by atoms with Crippen molar-refractivity contribution in [2.75, 3.05) is 26.2 Å². The van der Waals surface area contributed by atoms with E-state index in [4.69, 9.17) is 0 Å². The van der Waals surface area contributed by atoms with Crippen molar-refractivity contribution >= 4 is 29.2 Å². The van der Waals surface area contributed by atoms with E-state index in [2.05, 4.69) is 15.5 Å². The fraction of sp³-hybridized carbons (Fsp3) is 0.500. The summed E-state index contributed by atoms with van der Waals surface area (Å²) in [5.74, 6) is 0.141. The molecule has 3 heterocycles. The van der Waals surface area contributed by atoms with Gasteiger partial charge in [0.15, 0.2) is 0 Å². The minimum atomic E-state index is 0. The second-order valence-corrected chi connectivity index (χ2v) is 6.36. The Morgan fingerprint density at radius 2 is 2.05 bits per heavy atom. The molecule has 0 radical (unpaired) electrons. The number of amides is 1. The molecule has 2 N–H and O–H groups in total. The maximum Gasteiger partial charge on any atom is 0.254 e. The minimum Gasteiger partial charge on any atom is -0.339 e. The molecule has 1 spiro atoms. The van der Waals surface area contributed by atoms with Gasteiger partial charge in [0.25, 0.3) is 5.91 Å². The molecule has 4 rings (SSSR count). The van der Waals surface area contributed by atoms with Crippen LogP contribution in [0.5, 0.6) is 0 Å². The molecule has 2 fully saturated rings. The van der Waals surface area contributed by atoms with Crippen LogP contribution in [0.1, 0.15) is 29.6 Å². The van der Waals surface area contributed by atoms with E-state index in [1.807, 2.05) is 23.1 Å². The van der Waals surface area contributed by atoms with Gasteiger partial charge < -0.3 is 10.2 Å². The van der Waals surface area contributed by atoms with Crippen LogP contribution in [0, 0.1) is 5.41 Å². The second-order valence-electron chi connectivity index (χ2n) is 6.36. The van der Waals surface area contributed by atoms with Crippen LogP contribution >= 0.6 is 12.4 Å². The number of carbonyl (C=O) groups is 1. The number of halogens is 1. The lowest BCUT2D eigenvalue weighted by atomic mass is 9.78. The zero-order valence-electron chi connectivity index (χ0n) is 12.5. The normalized spacial score (nSPS) is 20.3. The van der Waals surface area contributed by atoms with Gasteiger partial charge in [-0.3, -0.25) is 9.89 Å². The molecule has 1 amide bonds. The summed E-state index contributed by atoms with van der Waals surface area (Å²) in [6.45, 7) is 3.98. The number of aromatic amines is 1. The van der Waals surface area contributed by atoms with Gasteiger partial charge in [-0.15, -0.1) is 12.4 Å². The number of hydrogen-bond donors (Lipinski definition) is 2. The topological polar surface area (TPSA) is 61.0 Å². The third-order valence-corrected chi connectivity index (χ3v) is 5.16. The summed E-state index contributed by atoms with van der Waals surface area (Å²) in [5, 5.41) is 11.4. The number of hydrogen-bond acceptors (Lipinski definition) is 3. The van der Waals surface area contributed by atoms with Crippen molar-refractivity contribution in [3.8, 4) is 0 Å². The van der Waals surface area contributed by atoms with E-state index in [0.29, 0.717) is 5.41 Å². The van der Waals surface area contributed by atoms with Crippen molar-refractivity contribution in [2.24, 2.45) is 5.41 Å². The van der Waals surface area contributed by atoms with Crippen LogP contribution in [-0.2, 0) is 0 Å². The fourth-order valence-corrected chi connectivity index (χ4v) is 3.73. The lowest BCUT2D eigenvalue weighted by Crippen LogP contribution is -2.44. The van der Waals surface area contributed by atoms with Crippen LogP contribution in [0.25, 0.3) is 10.9 Å². The van der Waals surface area contributed by atoms with Gasteiger partial charge in [0.1, 0.15) is 0 Å². The number of aromatic nitrogens is 2. The van der Waals surface area contributed by atoms with Crippen LogP contribution in [0.3, 0.4) is 0 Å². The molecule has 1 aromatic carbocycles. The standard InChI is InChI=1S/C16H20N4O.ClH/c21-15(12-2-1-3-14-13(12)10-18-19-14)20-8-5-16(6-9-20)4-7-17-11-16;/h1-3,10,17H,4-9,11H2,(H,18,19);1H. The molecule has 2 aliphatic rings. The molecule has 2 saturated heterocycles. The number of piperidine rings is 1. The highest BCUT2D eigenvalue weighted by Crippen LogP contribution is 2.37. The maximum atomic E-state index is 12.8. The number of benzene rings is 1. The molecule has 6 heteroatoms. The number of rotatable bonds is 1. The molecule has 0 bridgehead atoms. The van der Waals surface area contributed by atoms with Crippen LogP contribution in [0.2, 0.25) is 0 Å². The highest BCUT2D eigenvalue weighted by atomic mass is 35.5. The Morgan fingerprint density at radius 3 is 2.77 bits per heavy atom. The van der Waals surface area contributed by atoms with Crippen LogP contribution in [-0.4, -0.2) is 47.2 Å². The Bertz CT molecular complexity index is 668. The van der Waals surface area contributed by atoms with Crippen molar-refractivity contribution in [2.45, 2.75) is 19.3 Å². The largest absolute Gasteiger partial charge is 0.339 e. The average molecular weight is 321 g/mol. The van der Waals surface area contributed by atoms with Gasteiger partial charge in [0.2, 0.25) is 0 Å². The Balaban J connectivity index is 0.00000144. The highest BCUT2D eigenvalue weighted by Gasteiger charge is 2.38. The van der Waals surface area contributed by atoms with E-state index >= 15 is 0 Å². The van der Waals surface area contributed by atoms with E-state index in [9.17, 15) is 4.79 Å². The smallest absolute Gasteiger partial charge is 0.254 e. The van der Waals surface area contributed by atoms with Crippen molar-refractivity contribution in [3.05, 3.63) is 30.0 Å². The van der Waals surface area contributed by atoms with E-state index in [1.54, 1.807) is 6.20 Å². The van der Waals surface area contributed by atoms with E-state index in [0.717, 1.165) is 55.5 Å². The molecule has 2 aromatic rings. The number of H-pyrrole nitrogens is 1. The number of carbonyl (C=O) groups excluding carboxylic acids is 1. The predicted molar refractivity (Wildman–Crippen MR) is 88.4 cm³/mol. The third-order valence-electron chi connectivity index (χ3n) is 5.16. The summed E-state index contributed by atoms with van der Waals surface area (Å²) >= 11 is 0. The number of fused-ring (bicyclic) bond motifs is 1. The Kier molecular flexibility index (Phi) is 4.10. The first-order valence-electron chi connectivity index (χ1n) is 7.70. The van der Waals surface area contributed by atoms with Gasteiger partial charge in [0.05, 0.1) is 17.3 Å². The van der Waals surface area contributed by atoms with Crippen molar-refractivity contribution in [3.63, 3.8) is 0 Å². The lowest BCUT2D eigenvalue weighted by molar-refractivity contribution is 0.0609. The van der Waals surface area contributed by atoms with Gasteiger partial charge in [-0.2, -0.15) is 5.10 Å². The predicted octanol–water partition coefficient (Wildman–Crippen LogP) is 2.20. The van der Waals surface area contributed by atoms with Gasteiger partial charge in [-0.1, -0.05) is 6.07 Å².